The number of hydrogen-bond acceptors (Lipinski definition) is 3. The van der Waals surface area contributed by atoms with E-state index in [9.17, 15) is 9.50 Å². The maximum absolute atomic E-state index is 13.0. The number of anilines is 1. The monoisotopic (exact) mass is 200 g/mol. The molecule has 3 nitrogen and oxygen atoms in total. The summed E-state index contributed by atoms with van der Waals surface area (Å²) >= 11 is 0. The average Bonchev–Trinajstić information content (AvgIpc) is 2.05. The number of hydrogen-bond donors (Lipinski definition) is 2. The summed E-state index contributed by atoms with van der Waals surface area (Å²) in [6, 6.07) is 2.88. The second-order valence-corrected chi connectivity index (χ2v) is 3.13. The standard InChI is InChI=1S/C8H11FN2O.C2H6/c1-8(2,12)5-3-4-6(10)11-7(5)9;1-2/h3-4,12H,1-2H3,(H2,10,11);1-2H3. The number of aliphatic hydroxyl groups is 1. The summed E-state index contributed by atoms with van der Waals surface area (Å²) in [6.07, 6.45) is 0. The van der Waals surface area contributed by atoms with E-state index in [1.807, 2.05) is 13.8 Å². The van der Waals surface area contributed by atoms with Crippen LogP contribution in [0.1, 0.15) is 33.3 Å². The fraction of sp³-hybridized carbons (Fsp3) is 0.500. The number of halogens is 1. The van der Waals surface area contributed by atoms with Crippen molar-refractivity contribution in [3.8, 4) is 0 Å². The lowest BCUT2D eigenvalue weighted by molar-refractivity contribution is 0.0737. The second kappa shape index (κ2) is 4.91. The van der Waals surface area contributed by atoms with Crippen molar-refractivity contribution in [3.05, 3.63) is 23.6 Å². The zero-order valence-corrected chi connectivity index (χ0v) is 9.00. The van der Waals surface area contributed by atoms with Crippen LogP contribution in [0.15, 0.2) is 12.1 Å². The molecule has 0 atom stereocenters. The van der Waals surface area contributed by atoms with Crippen LogP contribution in [0, 0.1) is 5.95 Å². The van der Waals surface area contributed by atoms with E-state index in [0.29, 0.717) is 0 Å². The van der Waals surface area contributed by atoms with E-state index in [1.54, 1.807) is 0 Å². The van der Waals surface area contributed by atoms with Crippen LogP contribution >= 0.6 is 0 Å². The fourth-order valence-corrected chi connectivity index (χ4v) is 0.905. The summed E-state index contributed by atoms with van der Waals surface area (Å²) in [4.78, 5) is 3.39. The molecule has 0 amide bonds. The van der Waals surface area contributed by atoms with Gasteiger partial charge in [-0.15, -0.1) is 0 Å². The largest absolute Gasteiger partial charge is 0.386 e. The number of aromatic nitrogens is 1. The van der Waals surface area contributed by atoms with Gasteiger partial charge < -0.3 is 10.8 Å². The minimum Gasteiger partial charge on any atom is -0.386 e. The third kappa shape index (κ3) is 3.30. The van der Waals surface area contributed by atoms with Crippen LogP contribution in [0.2, 0.25) is 0 Å². The zero-order chi connectivity index (χ0) is 11.4. The third-order valence-electron chi connectivity index (χ3n) is 1.53. The van der Waals surface area contributed by atoms with E-state index in [-0.39, 0.29) is 11.4 Å². The number of rotatable bonds is 1. The minimum absolute atomic E-state index is 0.112. The topological polar surface area (TPSA) is 59.1 Å². The van der Waals surface area contributed by atoms with Crippen LogP contribution in [0.5, 0.6) is 0 Å². The molecule has 1 heterocycles. The molecule has 0 unspecified atom stereocenters. The number of nitrogens with two attached hydrogens (primary N) is 1. The molecule has 3 N–H and O–H groups in total. The van der Waals surface area contributed by atoms with Gasteiger partial charge in [-0.25, -0.2) is 4.98 Å². The van der Waals surface area contributed by atoms with E-state index in [0.717, 1.165) is 0 Å². The maximum Gasteiger partial charge on any atom is 0.220 e. The van der Waals surface area contributed by atoms with Crippen molar-refractivity contribution in [2.24, 2.45) is 0 Å². The van der Waals surface area contributed by atoms with Crippen molar-refractivity contribution in [1.29, 1.82) is 0 Å². The van der Waals surface area contributed by atoms with Crippen molar-refractivity contribution in [3.63, 3.8) is 0 Å². The van der Waals surface area contributed by atoms with Gasteiger partial charge in [-0.05, 0) is 26.0 Å². The van der Waals surface area contributed by atoms with Crippen molar-refractivity contribution in [1.82, 2.24) is 4.98 Å². The Kier molecular flexibility index (Phi) is 4.50. The molecule has 0 radical (unpaired) electrons. The van der Waals surface area contributed by atoms with Gasteiger partial charge in [-0.2, -0.15) is 4.39 Å². The highest BCUT2D eigenvalue weighted by Gasteiger charge is 2.21. The maximum atomic E-state index is 13.0. The molecule has 0 saturated carbocycles. The van der Waals surface area contributed by atoms with Crippen LogP contribution in [-0.2, 0) is 5.60 Å². The summed E-state index contributed by atoms with van der Waals surface area (Å²) in [7, 11) is 0. The van der Waals surface area contributed by atoms with Gasteiger partial charge in [-0.3, -0.25) is 0 Å². The highest BCUT2D eigenvalue weighted by molar-refractivity contribution is 5.32. The summed E-state index contributed by atoms with van der Waals surface area (Å²) in [5.74, 6) is -0.608. The van der Waals surface area contributed by atoms with Gasteiger partial charge in [0.05, 0.1) is 5.60 Å². The summed E-state index contributed by atoms with van der Waals surface area (Å²) < 4.78 is 13.0. The molecule has 1 rings (SSSR count). The number of nitrogen functional groups attached to an aromatic ring is 1. The summed E-state index contributed by atoms with van der Waals surface area (Å²) in [6.45, 7) is 6.98. The molecule has 0 spiro atoms. The first-order valence-electron chi connectivity index (χ1n) is 4.56. The second-order valence-electron chi connectivity index (χ2n) is 3.13. The molecule has 0 aliphatic rings. The smallest absolute Gasteiger partial charge is 0.220 e. The fourth-order valence-electron chi connectivity index (χ4n) is 0.905. The molecule has 0 aromatic carbocycles. The lowest BCUT2D eigenvalue weighted by Crippen LogP contribution is -2.18. The first kappa shape index (κ1) is 12.8. The number of pyridine rings is 1. The predicted octanol–water partition coefficient (Wildman–Crippen LogP) is 2.06. The molecule has 80 valence electrons. The van der Waals surface area contributed by atoms with E-state index in [2.05, 4.69) is 4.98 Å². The Morgan fingerprint density at radius 1 is 1.36 bits per heavy atom. The Hall–Kier alpha value is -1.16. The third-order valence-corrected chi connectivity index (χ3v) is 1.53. The molecule has 4 heteroatoms. The Morgan fingerprint density at radius 3 is 2.21 bits per heavy atom. The SMILES string of the molecule is CC.CC(C)(O)c1ccc(N)nc1F. The lowest BCUT2D eigenvalue weighted by atomic mass is 10.0. The molecular weight excluding hydrogens is 183 g/mol. The molecular formula is C10H17FN2O. The summed E-state index contributed by atoms with van der Waals surface area (Å²) in [5.41, 5.74) is 4.17. The van der Waals surface area contributed by atoms with Gasteiger partial charge in [0.1, 0.15) is 5.82 Å². The normalized spacial score (nSPS) is 10.4. The van der Waals surface area contributed by atoms with Crippen molar-refractivity contribution >= 4 is 5.82 Å². The van der Waals surface area contributed by atoms with Gasteiger partial charge in [-0.1, -0.05) is 13.8 Å². The minimum atomic E-state index is -1.22. The Morgan fingerprint density at radius 2 is 1.86 bits per heavy atom. The lowest BCUT2D eigenvalue weighted by Gasteiger charge is -2.17. The molecule has 0 bridgehead atoms. The van der Waals surface area contributed by atoms with Crippen molar-refractivity contribution in [2.75, 3.05) is 5.73 Å². The molecule has 0 aliphatic carbocycles. The molecule has 1 aromatic heterocycles. The van der Waals surface area contributed by atoms with Gasteiger partial charge in [0.15, 0.2) is 0 Å². The van der Waals surface area contributed by atoms with E-state index in [1.165, 1.54) is 26.0 Å². The highest BCUT2D eigenvalue weighted by Crippen LogP contribution is 2.21. The molecule has 0 aliphatic heterocycles. The molecule has 0 saturated heterocycles. The van der Waals surface area contributed by atoms with Crippen LogP contribution < -0.4 is 5.73 Å². The van der Waals surface area contributed by atoms with Crippen LogP contribution in [0.25, 0.3) is 0 Å². The van der Waals surface area contributed by atoms with E-state index in [4.69, 9.17) is 5.73 Å². The predicted molar refractivity (Wildman–Crippen MR) is 55.2 cm³/mol. The summed E-state index contributed by atoms with van der Waals surface area (Å²) in [5, 5.41) is 9.44. The quantitative estimate of drug-likeness (QED) is 0.682. The molecule has 14 heavy (non-hydrogen) atoms. The van der Waals surface area contributed by atoms with Crippen LogP contribution in [-0.4, -0.2) is 10.1 Å². The van der Waals surface area contributed by atoms with Crippen molar-refractivity contribution in [2.45, 2.75) is 33.3 Å². The van der Waals surface area contributed by atoms with Crippen LogP contribution in [0.3, 0.4) is 0 Å². The highest BCUT2D eigenvalue weighted by atomic mass is 19.1. The molecule has 1 aromatic rings. The van der Waals surface area contributed by atoms with E-state index < -0.39 is 11.5 Å². The zero-order valence-electron chi connectivity index (χ0n) is 9.00. The average molecular weight is 200 g/mol. The Balaban J connectivity index is 0.000000791. The van der Waals surface area contributed by atoms with Gasteiger partial charge in [0.25, 0.3) is 0 Å². The first-order chi connectivity index (χ1) is 6.41. The van der Waals surface area contributed by atoms with Gasteiger partial charge in [0.2, 0.25) is 5.95 Å². The number of nitrogens with zero attached hydrogens (tertiary/aromatic N) is 1. The Bertz CT molecular complexity index is 295. The van der Waals surface area contributed by atoms with Crippen LogP contribution in [0.4, 0.5) is 10.2 Å². The Labute approximate surface area is 83.8 Å². The molecule has 0 fully saturated rings. The van der Waals surface area contributed by atoms with Gasteiger partial charge in [0, 0.05) is 5.56 Å². The van der Waals surface area contributed by atoms with Crippen molar-refractivity contribution < 1.29 is 9.50 Å². The van der Waals surface area contributed by atoms with Gasteiger partial charge >= 0.3 is 0 Å². The van der Waals surface area contributed by atoms with E-state index >= 15 is 0 Å². The first-order valence-corrected chi connectivity index (χ1v) is 4.56.